The number of aryl methyl sites for hydroxylation is 1. The number of halogens is 3. The number of hydrogen-bond donors (Lipinski definition) is 1. The molecule has 0 atom stereocenters. The van der Waals surface area contributed by atoms with Crippen LogP contribution in [0, 0.1) is 0 Å². The number of fused-ring (bicyclic) bond motifs is 1. The van der Waals surface area contributed by atoms with Crippen molar-refractivity contribution in [3.05, 3.63) is 38.8 Å². The molecular weight excluding hydrogens is 339 g/mol. The molecule has 1 N–H and O–H groups in total. The topological polar surface area (TPSA) is 20.2 Å². The van der Waals surface area contributed by atoms with E-state index >= 15 is 0 Å². The molecule has 0 bridgehead atoms. The van der Waals surface area contributed by atoms with Crippen LogP contribution in [0.25, 0.3) is 10.8 Å². The number of rotatable bonds is 7. The molecule has 2 rings (SSSR count). The Kier molecular flexibility index (Phi) is 6.67. The predicted molar refractivity (Wildman–Crippen MR) is 97.7 cm³/mol. The van der Waals surface area contributed by atoms with E-state index in [1.165, 1.54) is 32.1 Å². The van der Waals surface area contributed by atoms with Crippen molar-refractivity contribution >= 4 is 45.6 Å². The fraction of sp³-hybridized carbons (Fsp3) is 0.444. The average Bonchev–Trinajstić information content (AvgIpc) is 2.49. The lowest BCUT2D eigenvalue weighted by molar-refractivity contribution is 0.472. The molecule has 0 aliphatic carbocycles. The zero-order valence-corrected chi connectivity index (χ0v) is 15.0. The summed E-state index contributed by atoms with van der Waals surface area (Å²) in [7, 11) is 0. The molecule has 0 aliphatic rings. The van der Waals surface area contributed by atoms with Crippen LogP contribution in [0.5, 0.6) is 5.75 Å². The van der Waals surface area contributed by atoms with Crippen LogP contribution < -0.4 is 0 Å². The maximum atomic E-state index is 10.5. The van der Waals surface area contributed by atoms with Crippen LogP contribution in [-0.4, -0.2) is 5.11 Å². The van der Waals surface area contributed by atoms with Gasteiger partial charge in [0.2, 0.25) is 0 Å². The molecule has 0 unspecified atom stereocenters. The van der Waals surface area contributed by atoms with E-state index in [9.17, 15) is 5.11 Å². The highest BCUT2D eigenvalue weighted by molar-refractivity contribution is 6.45. The molecule has 2 aromatic carbocycles. The molecule has 4 heteroatoms. The SMILES string of the molecule is CCCCCCCCc1cc(Cl)c2c(Cl)ccc(Cl)c2c1O. The van der Waals surface area contributed by atoms with Gasteiger partial charge in [-0.15, -0.1) is 0 Å². The highest BCUT2D eigenvalue weighted by Crippen LogP contribution is 2.42. The van der Waals surface area contributed by atoms with E-state index in [4.69, 9.17) is 34.8 Å². The van der Waals surface area contributed by atoms with Gasteiger partial charge in [0.25, 0.3) is 0 Å². The monoisotopic (exact) mass is 358 g/mol. The number of aromatic hydroxyl groups is 1. The van der Waals surface area contributed by atoms with Gasteiger partial charge in [0.1, 0.15) is 5.75 Å². The third-order valence-corrected chi connectivity index (χ3v) is 4.91. The molecule has 0 fully saturated rings. The lowest BCUT2D eigenvalue weighted by atomic mass is 10.00. The van der Waals surface area contributed by atoms with Crippen LogP contribution >= 0.6 is 34.8 Å². The van der Waals surface area contributed by atoms with Gasteiger partial charge < -0.3 is 5.11 Å². The van der Waals surface area contributed by atoms with Crippen LogP contribution in [0.3, 0.4) is 0 Å². The molecule has 2 aromatic rings. The number of unbranched alkanes of at least 4 members (excludes halogenated alkanes) is 5. The van der Waals surface area contributed by atoms with Crippen molar-refractivity contribution in [2.45, 2.75) is 51.9 Å². The first-order valence-electron chi connectivity index (χ1n) is 7.84. The predicted octanol–water partition coefficient (Wildman–Crippen LogP) is 7.41. The summed E-state index contributed by atoms with van der Waals surface area (Å²) in [4.78, 5) is 0. The van der Waals surface area contributed by atoms with E-state index in [1.807, 2.05) is 6.07 Å². The first kappa shape index (κ1) is 17.7. The molecule has 0 heterocycles. The Labute approximate surface area is 147 Å². The van der Waals surface area contributed by atoms with Gasteiger partial charge in [-0.1, -0.05) is 73.8 Å². The van der Waals surface area contributed by atoms with Crippen LogP contribution in [0.2, 0.25) is 15.1 Å². The van der Waals surface area contributed by atoms with Crippen LogP contribution in [0.4, 0.5) is 0 Å². The Morgan fingerprint density at radius 3 is 2.09 bits per heavy atom. The lowest BCUT2D eigenvalue weighted by Gasteiger charge is -2.12. The van der Waals surface area contributed by atoms with Crippen molar-refractivity contribution < 1.29 is 5.11 Å². The van der Waals surface area contributed by atoms with E-state index in [2.05, 4.69) is 6.92 Å². The fourth-order valence-corrected chi connectivity index (χ4v) is 3.64. The summed E-state index contributed by atoms with van der Waals surface area (Å²) in [6.45, 7) is 2.21. The minimum Gasteiger partial charge on any atom is -0.507 e. The molecule has 0 saturated heterocycles. The van der Waals surface area contributed by atoms with Gasteiger partial charge in [0, 0.05) is 10.8 Å². The van der Waals surface area contributed by atoms with Crippen molar-refractivity contribution in [1.82, 2.24) is 0 Å². The zero-order valence-electron chi connectivity index (χ0n) is 12.8. The third-order valence-electron chi connectivity index (χ3n) is 3.98. The Balaban J connectivity index is 2.18. The Morgan fingerprint density at radius 2 is 1.41 bits per heavy atom. The first-order valence-corrected chi connectivity index (χ1v) is 8.97. The second kappa shape index (κ2) is 8.29. The molecule has 120 valence electrons. The van der Waals surface area contributed by atoms with Crippen LogP contribution in [-0.2, 0) is 6.42 Å². The molecule has 0 radical (unpaired) electrons. The van der Waals surface area contributed by atoms with Gasteiger partial charge in [-0.25, -0.2) is 0 Å². The smallest absolute Gasteiger partial charge is 0.128 e. The number of phenols is 1. The third kappa shape index (κ3) is 4.01. The number of benzene rings is 2. The van der Waals surface area contributed by atoms with Crippen molar-refractivity contribution in [2.24, 2.45) is 0 Å². The van der Waals surface area contributed by atoms with Crippen molar-refractivity contribution in [3.63, 3.8) is 0 Å². The van der Waals surface area contributed by atoms with Crippen molar-refractivity contribution in [1.29, 1.82) is 0 Å². The van der Waals surface area contributed by atoms with Gasteiger partial charge >= 0.3 is 0 Å². The summed E-state index contributed by atoms with van der Waals surface area (Å²) in [5, 5.41) is 13.2. The number of hydrogen-bond acceptors (Lipinski definition) is 1. The second-order valence-electron chi connectivity index (χ2n) is 5.66. The van der Waals surface area contributed by atoms with Gasteiger partial charge in [-0.2, -0.15) is 0 Å². The normalized spacial score (nSPS) is 11.3. The zero-order chi connectivity index (χ0) is 16.1. The Morgan fingerprint density at radius 1 is 0.818 bits per heavy atom. The summed E-state index contributed by atoms with van der Waals surface area (Å²) in [5.41, 5.74) is 0.845. The maximum Gasteiger partial charge on any atom is 0.128 e. The summed E-state index contributed by atoms with van der Waals surface area (Å²) in [6, 6.07) is 5.20. The molecule has 0 saturated carbocycles. The van der Waals surface area contributed by atoms with Gasteiger partial charge in [0.05, 0.1) is 15.1 Å². The van der Waals surface area contributed by atoms with Gasteiger partial charge in [-0.3, -0.25) is 0 Å². The minimum atomic E-state index is 0.209. The van der Waals surface area contributed by atoms with E-state index < -0.39 is 0 Å². The van der Waals surface area contributed by atoms with E-state index in [0.29, 0.717) is 25.8 Å². The average molecular weight is 360 g/mol. The Bertz CT molecular complexity index is 653. The Hall–Kier alpha value is -0.630. The molecule has 0 amide bonds. The highest BCUT2D eigenvalue weighted by Gasteiger charge is 2.15. The molecule has 0 aromatic heterocycles. The highest BCUT2D eigenvalue weighted by atomic mass is 35.5. The summed E-state index contributed by atoms with van der Waals surface area (Å²) >= 11 is 18.7. The van der Waals surface area contributed by atoms with Crippen LogP contribution in [0.15, 0.2) is 18.2 Å². The second-order valence-corrected chi connectivity index (χ2v) is 6.88. The first-order chi connectivity index (χ1) is 10.6. The number of phenolic OH excluding ortho intramolecular Hbond substituents is 1. The lowest BCUT2D eigenvalue weighted by Crippen LogP contribution is -1.91. The molecule has 0 spiro atoms. The fourth-order valence-electron chi connectivity index (χ4n) is 2.76. The summed E-state index contributed by atoms with van der Waals surface area (Å²) < 4.78 is 0. The molecule has 22 heavy (non-hydrogen) atoms. The van der Waals surface area contributed by atoms with E-state index in [-0.39, 0.29) is 5.75 Å². The minimum absolute atomic E-state index is 0.209. The van der Waals surface area contributed by atoms with Crippen molar-refractivity contribution in [2.75, 3.05) is 0 Å². The van der Waals surface area contributed by atoms with E-state index in [0.717, 1.165) is 18.4 Å². The summed E-state index contributed by atoms with van der Waals surface area (Å²) in [5.74, 6) is 0.209. The maximum absolute atomic E-state index is 10.5. The van der Waals surface area contributed by atoms with Crippen LogP contribution in [0.1, 0.15) is 51.0 Å². The largest absolute Gasteiger partial charge is 0.507 e. The standard InChI is InChI=1S/C18H21Cl3O/c1-2-3-4-5-6-7-8-12-11-15(21)16-13(19)9-10-14(20)17(16)18(12)22/h9-11,22H,2-8H2,1H3. The van der Waals surface area contributed by atoms with Gasteiger partial charge in [0.15, 0.2) is 0 Å². The quantitative estimate of drug-likeness (QED) is 0.510. The molecule has 0 aliphatic heterocycles. The van der Waals surface area contributed by atoms with Gasteiger partial charge in [-0.05, 0) is 36.6 Å². The summed E-state index contributed by atoms with van der Waals surface area (Å²) in [6.07, 6.45) is 8.07. The van der Waals surface area contributed by atoms with E-state index in [1.54, 1.807) is 12.1 Å². The van der Waals surface area contributed by atoms with Crippen molar-refractivity contribution in [3.8, 4) is 5.75 Å². The molecule has 1 nitrogen and oxygen atoms in total. The molecular formula is C18H21Cl3O.